The summed E-state index contributed by atoms with van der Waals surface area (Å²) in [4.78, 5) is 10.5. The molecule has 2 aromatic carbocycles. The second-order valence-corrected chi connectivity index (χ2v) is 3.45. The lowest BCUT2D eigenvalue weighted by molar-refractivity contribution is 0.249. The minimum absolute atomic E-state index is 0.0960. The molecule has 0 fully saturated rings. The third-order valence-corrected chi connectivity index (χ3v) is 2.32. The molecule has 0 aromatic heterocycles. The number of nitrogens with one attached hydrogen (secondary N) is 1. The van der Waals surface area contributed by atoms with E-state index in [1.807, 2.05) is 30.3 Å². The van der Waals surface area contributed by atoms with E-state index in [9.17, 15) is 9.90 Å². The predicted molar refractivity (Wildman–Crippen MR) is 65.9 cm³/mol. The van der Waals surface area contributed by atoms with Gasteiger partial charge in [0.1, 0.15) is 5.75 Å². The number of hydrogen-bond donors (Lipinski definition) is 3. The number of hydrogen-bond acceptors (Lipinski definition) is 3. The smallest absolute Gasteiger partial charge is 0.332 e. The van der Waals surface area contributed by atoms with Gasteiger partial charge in [-0.15, -0.1) is 0 Å². The van der Waals surface area contributed by atoms with Gasteiger partial charge < -0.3 is 10.8 Å². The van der Waals surface area contributed by atoms with Crippen LogP contribution in [0.1, 0.15) is 5.56 Å². The zero-order valence-electron chi connectivity index (χ0n) is 8.92. The van der Waals surface area contributed by atoms with Crippen molar-refractivity contribution in [1.29, 1.82) is 0 Å². The largest absolute Gasteiger partial charge is 0.507 e. The first-order valence-electron chi connectivity index (χ1n) is 4.97. The number of hydrazone groups is 1. The van der Waals surface area contributed by atoms with Gasteiger partial charge >= 0.3 is 6.03 Å². The first-order chi connectivity index (χ1) is 8.18. The van der Waals surface area contributed by atoms with E-state index in [1.54, 1.807) is 6.07 Å². The Bertz CT molecular complexity index is 593. The maximum absolute atomic E-state index is 10.5. The Hall–Kier alpha value is -2.56. The molecule has 0 unspecified atom stereocenters. The number of nitrogens with two attached hydrogens (primary N) is 1. The molecule has 0 saturated heterocycles. The van der Waals surface area contributed by atoms with E-state index in [1.165, 1.54) is 6.21 Å². The minimum atomic E-state index is -0.749. The van der Waals surface area contributed by atoms with E-state index in [0.717, 1.165) is 10.8 Å². The molecule has 2 rings (SSSR count). The van der Waals surface area contributed by atoms with Crippen molar-refractivity contribution >= 4 is 23.0 Å². The summed E-state index contributed by atoms with van der Waals surface area (Å²) in [6.07, 6.45) is 1.36. The van der Waals surface area contributed by atoms with Crippen molar-refractivity contribution in [1.82, 2.24) is 5.43 Å². The van der Waals surface area contributed by atoms with Gasteiger partial charge in [0.15, 0.2) is 0 Å². The highest BCUT2D eigenvalue weighted by atomic mass is 16.3. The first-order valence-corrected chi connectivity index (χ1v) is 4.97. The van der Waals surface area contributed by atoms with Gasteiger partial charge in [-0.2, -0.15) is 5.10 Å². The van der Waals surface area contributed by atoms with E-state index in [-0.39, 0.29) is 5.75 Å². The van der Waals surface area contributed by atoms with E-state index in [4.69, 9.17) is 5.73 Å². The van der Waals surface area contributed by atoms with E-state index in [0.29, 0.717) is 5.56 Å². The van der Waals surface area contributed by atoms with Crippen molar-refractivity contribution in [2.24, 2.45) is 10.8 Å². The molecule has 0 aliphatic rings. The van der Waals surface area contributed by atoms with Gasteiger partial charge in [-0.25, -0.2) is 10.2 Å². The van der Waals surface area contributed by atoms with E-state index in [2.05, 4.69) is 10.5 Å². The maximum atomic E-state index is 10.5. The zero-order chi connectivity index (χ0) is 12.3. The van der Waals surface area contributed by atoms with E-state index < -0.39 is 6.03 Å². The Morgan fingerprint density at radius 3 is 2.82 bits per heavy atom. The van der Waals surface area contributed by atoms with Crippen LogP contribution in [-0.4, -0.2) is 17.4 Å². The Kier molecular flexibility index (Phi) is 2.91. The number of carbonyl (C=O) groups excluding carboxylic acids is 1. The van der Waals surface area contributed by atoms with Gasteiger partial charge in [-0.3, -0.25) is 0 Å². The van der Waals surface area contributed by atoms with Crippen LogP contribution >= 0.6 is 0 Å². The lowest BCUT2D eigenvalue weighted by atomic mass is 10.0. The van der Waals surface area contributed by atoms with Crippen molar-refractivity contribution in [3.63, 3.8) is 0 Å². The fourth-order valence-electron chi connectivity index (χ4n) is 1.58. The molecule has 0 spiro atoms. The van der Waals surface area contributed by atoms with Crippen molar-refractivity contribution in [2.75, 3.05) is 0 Å². The van der Waals surface area contributed by atoms with Gasteiger partial charge in [-0.1, -0.05) is 30.3 Å². The molecule has 2 amide bonds. The normalized spacial score (nSPS) is 10.8. The van der Waals surface area contributed by atoms with Crippen LogP contribution < -0.4 is 11.2 Å². The molecule has 0 heterocycles. The predicted octanol–water partition coefficient (Wildman–Crippen LogP) is 1.55. The second-order valence-electron chi connectivity index (χ2n) is 3.45. The summed E-state index contributed by atoms with van der Waals surface area (Å²) in [6, 6.07) is 10.2. The number of nitrogens with zero attached hydrogens (tertiary/aromatic N) is 1. The van der Waals surface area contributed by atoms with Crippen molar-refractivity contribution in [3.05, 3.63) is 42.0 Å². The molecule has 0 aliphatic heterocycles. The van der Waals surface area contributed by atoms with Gasteiger partial charge in [-0.05, 0) is 16.8 Å². The fourth-order valence-corrected chi connectivity index (χ4v) is 1.58. The highest BCUT2D eigenvalue weighted by Crippen LogP contribution is 2.25. The first kappa shape index (κ1) is 10.9. The standard InChI is InChI=1S/C12H11N3O2/c13-12(17)15-14-7-10-9-4-2-1-3-8(9)5-6-11(10)16/h1-7,16H,(H3,13,15,17)/b14-7+. The highest BCUT2D eigenvalue weighted by Gasteiger charge is 2.03. The molecule has 0 radical (unpaired) electrons. The molecule has 17 heavy (non-hydrogen) atoms. The van der Waals surface area contributed by atoms with Gasteiger partial charge in [0, 0.05) is 5.56 Å². The Balaban J connectivity index is 2.47. The van der Waals surface area contributed by atoms with Gasteiger partial charge in [0.25, 0.3) is 0 Å². The van der Waals surface area contributed by atoms with Crippen LogP contribution in [0.5, 0.6) is 5.75 Å². The summed E-state index contributed by atoms with van der Waals surface area (Å²) in [5.41, 5.74) is 7.50. The summed E-state index contributed by atoms with van der Waals surface area (Å²) in [5, 5.41) is 15.2. The summed E-state index contributed by atoms with van der Waals surface area (Å²) >= 11 is 0. The number of benzene rings is 2. The molecule has 0 aliphatic carbocycles. The number of rotatable bonds is 2. The molecule has 4 N–H and O–H groups in total. The number of fused-ring (bicyclic) bond motifs is 1. The summed E-state index contributed by atoms with van der Waals surface area (Å²) in [6.45, 7) is 0. The van der Waals surface area contributed by atoms with Crippen LogP contribution in [0.4, 0.5) is 4.79 Å². The van der Waals surface area contributed by atoms with Gasteiger partial charge in [0.2, 0.25) is 0 Å². The Labute approximate surface area is 97.6 Å². The summed E-state index contributed by atoms with van der Waals surface area (Å²) in [5.74, 6) is 0.0960. The lowest BCUT2D eigenvalue weighted by Crippen LogP contribution is -2.24. The number of urea groups is 1. The number of primary amides is 1. The molecular formula is C12H11N3O2. The molecule has 0 saturated carbocycles. The van der Waals surface area contributed by atoms with Crippen LogP contribution in [0.2, 0.25) is 0 Å². The van der Waals surface area contributed by atoms with Gasteiger partial charge in [0.05, 0.1) is 6.21 Å². The maximum Gasteiger partial charge on any atom is 0.332 e. The number of phenols is 1. The minimum Gasteiger partial charge on any atom is -0.507 e. The van der Waals surface area contributed by atoms with Crippen LogP contribution in [-0.2, 0) is 0 Å². The average Bonchev–Trinajstić information content (AvgIpc) is 2.32. The molecule has 2 aromatic rings. The molecule has 0 atom stereocenters. The van der Waals surface area contributed by atoms with Crippen LogP contribution in [0.3, 0.4) is 0 Å². The lowest BCUT2D eigenvalue weighted by Gasteiger charge is -2.04. The van der Waals surface area contributed by atoms with Crippen molar-refractivity contribution < 1.29 is 9.90 Å². The molecule has 86 valence electrons. The zero-order valence-corrected chi connectivity index (χ0v) is 8.92. The number of aromatic hydroxyl groups is 1. The molecule has 0 bridgehead atoms. The highest BCUT2D eigenvalue weighted by molar-refractivity contribution is 6.02. The molecular weight excluding hydrogens is 218 g/mol. The molecule has 5 nitrogen and oxygen atoms in total. The summed E-state index contributed by atoms with van der Waals surface area (Å²) < 4.78 is 0. The topological polar surface area (TPSA) is 87.7 Å². The average molecular weight is 229 g/mol. The second kappa shape index (κ2) is 4.52. The summed E-state index contributed by atoms with van der Waals surface area (Å²) in [7, 11) is 0. The fraction of sp³-hybridized carbons (Fsp3) is 0. The Morgan fingerprint density at radius 2 is 2.06 bits per heavy atom. The van der Waals surface area contributed by atoms with Crippen molar-refractivity contribution in [2.45, 2.75) is 0 Å². The van der Waals surface area contributed by atoms with Crippen LogP contribution in [0, 0.1) is 0 Å². The van der Waals surface area contributed by atoms with Crippen LogP contribution in [0.25, 0.3) is 10.8 Å². The number of carbonyl (C=O) groups is 1. The monoisotopic (exact) mass is 229 g/mol. The number of phenolic OH excluding ortho intramolecular Hbond substituents is 1. The SMILES string of the molecule is NC(=O)N/N=C/c1c(O)ccc2ccccc12. The molecule has 5 heteroatoms. The third-order valence-electron chi connectivity index (χ3n) is 2.32. The Morgan fingerprint density at radius 1 is 1.29 bits per heavy atom. The third kappa shape index (κ3) is 2.34. The number of amides is 2. The van der Waals surface area contributed by atoms with Crippen molar-refractivity contribution in [3.8, 4) is 5.75 Å². The van der Waals surface area contributed by atoms with E-state index >= 15 is 0 Å². The van der Waals surface area contributed by atoms with Crippen LogP contribution in [0.15, 0.2) is 41.5 Å². The quantitative estimate of drug-likeness (QED) is 0.539.